The van der Waals surface area contributed by atoms with Crippen LogP contribution in [0.15, 0.2) is 5.16 Å². The predicted molar refractivity (Wildman–Crippen MR) is 72.5 cm³/mol. The monoisotopic (exact) mass is 283 g/mol. The zero-order chi connectivity index (χ0) is 14.9. The van der Waals surface area contributed by atoms with Gasteiger partial charge in [0.2, 0.25) is 6.10 Å². The summed E-state index contributed by atoms with van der Waals surface area (Å²) in [4.78, 5) is 32.0. The molecule has 0 bridgehead atoms. The van der Waals surface area contributed by atoms with Crippen LogP contribution in [0.25, 0.3) is 0 Å². The van der Waals surface area contributed by atoms with Gasteiger partial charge in [-0.2, -0.15) is 0 Å². The second kappa shape index (κ2) is 5.40. The quantitative estimate of drug-likeness (QED) is 0.780. The van der Waals surface area contributed by atoms with Crippen molar-refractivity contribution in [3.63, 3.8) is 0 Å². The van der Waals surface area contributed by atoms with E-state index in [2.05, 4.69) is 30.8 Å². The van der Waals surface area contributed by atoms with Crippen molar-refractivity contribution in [2.75, 3.05) is 26.2 Å². The Kier molecular flexibility index (Phi) is 3.99. The zero-order valence-corrected chi connectivity index (χ0v) is 12.1. The van der Waals surface area contributed by atoms with Crippen molar-refractivity contribution >= 4 is 17.6 Å². The minimum atomic E-state index is -1.13. The minimum absolute atomic E-state index is 0.0493. The molecule has 2 aliphatic rings. The van der Waals surface area contributed by atoms with Crippen molar-refractivity contribution in [2.45, 2.75) is 38.8 Å². The average Bonchev–Trinajstić information content (AvgIpc) is 2.86. The number of piperazine rings is 1. The number of hydrogen-bond donors (Lipinski definition) is 1. The van der Waals surface area contributed by atoms with Gasteiger partial charge in [0.1, 0.15) is 0 Å². The van der Waals surface area contributed by atoms with Gasteiger partial charge in [-0.15, -0.1) is 0 Å². The number of hydrogen-bond acceptors (Lipinski definition) is 5. The molecule has 0 aromatic heterocycles. The molecule has 0 aliphatic carbocycles. The number of nitrogens with zero attached hydrogens (tertiary/aromatic N) is 3. The van der Waals surface area contributed by atoms with Gasteiger partial charge >= 0.3 is 5.97 Å². The van der Waals surface area contributed by atoms with Crippen LogP contribution in [0.3, 0.4) is 0 Å². The molecule has 1 atom stereocenters. The number of amides is 1. The lowest BCUT2D eigenvalue weighted by Gasteiger charge is -2.42. The Morgan fingerprint density at radius 1 is 1.25 bits per heavy atom. The summed E-state index contributed by atoms with van der Waals surface area (Å²) in [5.41, 5.74) is 0.00941. The van der Waals surface area contributed by atoms with Crippen molar-refractivity contribution < 1.29 is 19.5 Å². The summed E-state index contributed by atoms with van der Waals surface area (Å²) in [6.45, 7) is 9.35. The molecule has 1 unspecified atom stereocenters. The van der Waals surface area contributed by atoms with Gasteiger partial charge in [0.05, 0.1) is 0 Å². The standard InChI is InChI=1S/C13H21N3O4/c1-13(2,3)16-6-4-15(5-7-16)11(17)10-8-9(12(18)19)14-20-10/h10H,4-8H2,1-3H3,(H,18,19). The Morgan fingerprint density at radius 3 is 2.30 bits per heavy atom. The molecule has 0 saturated carbocycles. The topological polar surface area (TPSA) is 82.4 Å². The van der Waals surface area contributed by atoms with Gasteiger partial charge in [-0.05, 0) is 20.8 Å². The molecule has 1 N–H and O–H groups in total. The van der Waals surface area contributed by atoms with E-state index in [1.165, 1.54) is 0 Å². The van der Waals surface area contributed by atoms with Crippen LogP contribution in [0.4, 0.5) is 0 Å². The summed E-state index contributed by atoms with van der Waals surface area (Å²) < 4.78 is 0. The minimum Gasteiger partial charge on any atom is -0.477 e. The largest absolute Gasteiger partial charge is 0.477 e. The highest BCUT2D eigenvalue weighted by Crippen LogP contribution is 2.18. The molecule has 1 fully saturated rings. The maximum absolute atomic E-state index is 12.2. The lowest BCUT2D eigenvalue weighted by molar-refractivity contribution is -0.144. The third-order valence-electron chi connectivity index (χ3n) is 3.73. The summed E-state index contributed by atoms with van der Waals surface area (Å²) in [7, 11) is 0. The molecule has 0 radical (unpaired) electrons. The van der Waals surface area contributed by atoms with E-state index in [0.29, 0.717) is 13.1 Å². The van der Waals surface area contributed by atoms with E-state index in [-0.39, 0.29) is 23.6 Å². The molecule has 20 heavy (non-hydrogen) atoms. The Balaban J connectivity index is 1.86. The molecule has 112 valence electrons. The highest BCUT2D eigenvalue weighted by atomic mass is 16.6. The number of rotatable bonds is 2. The van der Waals surface area contributed by atoms with Gasteiger partial charge in [0.25, 0.3) is 5.91 Å². The number of carboxylic acids is 1. The average molecular weight is 283 g/mol. The van der Waals surface area contributed by atoms with Crippen molar-refractivity contribution in [3.05, 3.63) is 0 Å². The summed E-state index contributed by atoms with van der Waals surface area (Å²) in [5.74, 6) is -1.29. The van der Waals surface area contributed by atoms with Crippen LogP contribution in [0.2, 0.25) is 0 Å². The summed E-state index contributed by atoms with van der Waals surface area (Å²) in [5, 5.41) is 12.3. The van der Waals surface area contributed by atoms with E-state index >= 15 is 0 Å². The third kappa shape index (κ3) is 3.09. The first-order valence-corrected chi connectivity index (χ1v) is 6.79. The SMILES string of the molecule is CC(C)(C)N1CCN(C(=O)C2CC(C(=O)O)=NO2)CC1. The maximum Gasteiger partial charge on any atom is 0.353 e. The first-order valence-electron chi connectivity index (χ1n) is 6.79. The summed E-state index contributed by atoms with van der Waals surface area (Å²) in [6, 6.07) is 0. The van der Waals surface area contributed by atoms with Gasteiger partial charge in [-0.3, -0.25) is 9.69 Å². The van der Waals surface area contributed by atoms with Crippen LogP contribution < -0.4 is 0 Å². The molecule has 2 rings (SSSR count). The van der Waals surface area contributed by atoms with Gasteiger partial charge in [-0.25, -0.2) is 4.79 Å². The fourth-order valence-electron chi connectivity index (χ4n) is 2.44. The Labute approximate surface area is 118 Å². The van der Waals surface area contributed by atoms with Gasteiger partial charge < -0.3 is 14.8 Å². The highest BCUT2D eigenvalue weighted by Gasteiger charge is 2.36. The summed E-state index contributed by atoms with van der Waals surface area (Å²) in [6.07, 6.45) is -0.726. The Morgan fingerprint density at radius 2 is 1.85 bits per heavy atom. The molecule has 0 spiro atoms. The van der Waals surface area contributed by atoms with Crippen LogP contribution >= 0.6 is 0 Å². The van der Waals surface area contributed by atoms with Crippen molar-refractivity contribution in [1.82, 2.24) is 9.80 Å². The first-order chi connectivity index (χ1) is 9.29. The fourth-order valence-corrected chi connectivity index (χ4v) is 2.44. The van der Waals surface area contributed by atoms with Gasteiger partial charge in [0, 0.05) is 38.1 Å². The number of oxime groups is 1. The molecule has 0 aromatic rings. The van der Waals surface area contributed by atoms with E-state index < -0.39 is 12.1 Å². The molecule has 7 nitrogen and oxygen atoms in total. The van der Waals surface area contributed by atoms with Gasteiger partial charge in [-0.1, -0.05) is 5.16 Å². The molecule has 2 aliphatic heterocycles. The molecule has 7 heteroatoms. The Bertz CT molecular complexity index is 433. The number of carbonyl (C=O) groups is 2. The number of aliphatic carboxylic acids is 1. The zero-order valence-electron chi connectivity index (χ0n) is 12.1. The van der Waals surface area contributed by atoms with Crippen molar-refractivity contribution in [1.29, 1.82) is 0 Å². The Hall–Kier alpha value is -1.63. The highest BCUT2D eigenvalue weighted by molar-refractivity contribution is 6.36. The van der Waals surface area contributed by atoms with E-state index in [1.54, 1.807) is 4.90 Å². The second-order valence-electron chi connectivity index (χ2n) is 6.12. The van der Waals surface area contributed by atoms with Gasteiger partial charge in [0.15, 0.2) is 5.71 Å². The van der Waals surface area contributed by atoms with Crippen LogP contribution in [-0.4, -0.2) is 70.3 Å². The lowest BCUT2D eigenvalue weighted by atomic mass is 10.0. The second-order valence-corrected chi connectivity index (χ2v) is 6.12. The van der Waals surface area contributed by atoms with Crippen LogP contribution in [0.1, 0.15) is 27.2 Å². The smallest absolute Gasteiger partial charge is 0.353 e. The van der Waals surface area contributed by atoms with Crippen LogP contribution in [0.5, 0.6) is 0 Å². The van der Waals surface area contributed by atoms with Crippen molar-refractivity contribution in [3.8, 4) is 0 Å². The molecule has 0 aromatic carbocycles. The number of carboxylic acid groups (broad SMARTS) is 1. The van der Waals surface area contributed by atoms with E-state index in [0.717, 1.165) is 13.1 Å². The van der Waals surface area contributed by atoms with E-state index in [9.17, 15) is 9.59 Å². The maximum atomic E-state index is 12.2. The van der Waals surface area contributed by atoms with Crippen molar-refractivity contribution in [2.24, 2.45) is 5.16 Å². The lowest BCUT2D eigenvalue weighted by Crippen LogP contribution is -2.56. The fraction of sp³-hybridized carbons (Fsp3) is 0.769. The first kappa shape index (κ1) is 14.8. The molecular weight excluding hydrogens is 262 g/mol. The predicted octanol–water partition coefficient (Wildman–Crippen LogP) is 0.159. The van der Waals surface area contributed by atoms with E-state index in [4.69, 9.17) is 9.94 Å². The van der Waals surface area contributed by atoms with Crippen LogP contribution in [0, 0.1) is 0 Å². The molecule has 1 saturated heterocycles. The summed E-state index contributed by atoms with van der Waals surface area (Å²) >= 11 is 0. The van der Waals surface area contributed by atoms with E-state index in [1.807, 2.05) is 0 Å². The molecule has 1 amide bonds. The van der Waals surface area contributed by atoms with Crippen LogP contribution in [-0.2, 0) is 14.4 Å². The number of carbonyl (C=O) groups excluding carboxylic acids is 1. The molecule has 2 heterocycles. The molecular formula is C13H21N3O4. The third-order valence-corrected chi connectivity index (χ3v) is 3.73. The normalized spacial score (nSPS) is 24.2.